The smallest absolute Gasteiger partial charge is 0.249 e. The summed E-state index contributed by atoms with van der Waals surface area (Å²) in [5, 5.41) is 2.68. The van der Waals surface area contributed by atoms with Crippen LogP contribution in [0.15, 0.2) is 24.3 Å². The maximum atomic E-state index is 12.6. The standard InChI is InChI=1S/C12H13F2NO/c1-8-4-2-3-5-10(8)15-11(16)9-6-12(13,14)7-9/h2-5,9H,6-7H2,1H3,(H,15,16). The molecule has 0 spiro atoms. The summed E-state index contributed by atoms with van der Waals surface area (Å²) in [5.41, 5.74) is 1.63. The summed E-state index contributed by atoms with van der Waals surface area (Å²) in [6, 6.07) is 7.30. The average molecular weight is 225 g/mol. The second-order valence-electron chi connectivity index (χ2n) is 4.27. The fourth-order valence-electron chi connectivity index (χ4n) is 1.79. The topological polar surface area (TPSA) is 29.1 Å². The lowest BCUT2D eigenvalue weighted by Gasteiger charge is -2.33. The first kappa shape index (κ1) is 11.0. The van der Waals surface area contributed by atoms with Crippen molar-refractivity contribution < 1.29 is 13.6 Å². The number of alkyl halides is 2. The minimum Gasteiger partial charge on any atom is -0.326 e. The van der Waals surface area contributed by atoms with Crippen molar-refractivity contribution in [3.8, 4) is 0 Å². The van der Waals surface area contributed by atoms with Crippen LogP contribution in [0.5, 0.6) is 0 Å². The van der Waals surface area contributed by atoms with Crippen molar-refractivity contribution >= 4 is 11.6 Å². The van der Waals surface area contributed by atoms with Crippen LogP contribution in [0.4, 0.5) is 14.5 Å². The molecule has 1 aromatic rings. The second kappa shape index (κ2) is 3.85. The van der Waals surface area contributed by atoms with Crippen molar-refractivity contribution in [2.45, 2.75) is 25.7 Å². The summed E-state index contributed by atoms with van der Waals surface area (Å²) < 4.78 is 25.2. The lowest BCUT2D eigenvalue weighted by atomic mass is 9.80. The van der Waals surface area contributed by atoms with Crippen molar-refractivity contribution in [1.82, 2.24) is 0 Å². The van der Waals surface area contributed by atoms with E-state index in [9.17, 15) is 13.6 Å². The number of benzene rings is 1. The summed E-state index contributed by atoms with van der Waals surface area (Å²) in [4.78, 5) is 11.6. The van der Waals surface area contributed by atoms with Crippen LogP contribution < -0.4 is 5.32 Å². The van der Waals surface area contributed by atoms with Gasteiger partial charge in [-0.15, -0.1) is 0 Å². The van der Waals surface area contributed by atoms with Gasteiger partial charge in [0.25, 0.3) is 0 Å². The van der Waals surface area contributed by atoms with Crippen molar-refractivity contribution in [3.05, 3.63) is 29.8 Å². The quantitative estimate of drug-likeness (QED) is 0.823. The number of nitrogens with one attached hydrogen (secondary N) is 1. The lowest BCUT2D eigenvalue weighted by molar-refractivity contribution is -0.145. The molecule has 1 N–H and O–H groups in total. The third kappa shape index (κ3) is 2.21. The molecule has 0 heterocycles. The second-order valence-corrected chi connectivity index (χ2v) is 4.27. The van der Waals surface area contributed by atoms with Crippen LogP contribution in [-0.2, 0) is 4.79 Å². The number of hydrogen-bond acceptors (Lipinski definition) is 1. The van der Waals surface area contributed by atoms with Gasteiger partial charge in [-0.1, -0.05) is 18.2 Å². The van der Waals surface area contributed by atoms with Crippen LogP contribution in [0.25, 0.3) is 0 Å². The molecule has 0 radical (unpaired) electrons. The molecule has 0 bridgehead atoms. The number of halogens is 2. The van der Waals surface area contributed by atoms with Crippen LogP contribution in [0, 0.1) is 12.8 Å². The van der Waals surface area contributed by atoms with Gasteiger partial charge in [0.15, 0.2) is 0 Å². The highest BCUT2D eigenvalue weighted by Crippen LogP contribution is 2.42. The average Bonchev–Trinajstić information content (AvgIpc) is 2.17. The Kier molecular flexibility index (Phi) is 2.66. The molecule has 86 valence electrons. The summed E-state index contributed by atoms with van der Waals surface area (Å²) in [7, 11) is 0. The lowest BCUT2D eigenvalue weighted by Crippen LogP contribution is -2.42. The van der Waals surface area contributed by atoms with Gasteiger partial charge in [0.2, 0.25) is 11.8 Å². The van der Waals surface area contributed by atoms with E-state index in [2.05, 4.69) is 5.32 Å². The highest BCUT2D eigenvalue weighted by molar-refractivity contribution is 5.93. The molecule has 1 amide bonds. The molecule has 1 saturated carbocycles. The van der Waals surface area contributed by atoms with Gasteiger partial charge in [0.05, 0.1) is 0 Å². The van der Waals surface area contributed by atoms with Gasteiger partial charge in [0, 0.05) is 24.4 Å². The highest BCUT2D eigenvalue weighted by atomic mass is 19.3. The van der Waals surface area contributed by atoms with Crippen LogP contribution in [0.1, 0.15) is 18.4 Å². The van der Waals surface area contributed by atoms with Gasteiger partial charge in [-0.25, -0.2) is 8.78 Å². The molecule has 4 heteroatoms. The fraction of sp³-hybridized carbons (Fsp3) is 0.417. The largest absolute Gasteiger partial charge is 0.326 e. The Bertz CT molecular complexity index is 409. The van der Waals surface area contributed by atoms with Crippen LogP contribution >= 0.6 is 0 Å². The van der Waals surface area contributed by atoms with E-state index in [4.69, 9.17) is 0 Å². The van der Waals surface area contributed by atoms with Gasteiger partial charge in [-0.2, -0.15) is 0 Å². The maximum absolute atomic E-state index is 12.6. The van der Waals surface area contributed by atoms with Crippen LogP contribution in [-0.4, -0.2) is 11.8 Å². The zero-order valence-electron chi connectivity index (χ0n) is 8.97. The van der Waals surface area contributed by atoms with Gasteiger partial charge in [-0.3, -0.25) is 4.79 Å². The fourth-order valence-corrected chi connectivity index (χ4v) is 1.79. The summed E-state index contributed by atoms with van der Waals surface area (Å²) in [6.45, 7) is 1.87. The Labute approximate surface area is 92.7 Å². The number of carbonyl (C=O) groups is 1. The number of para-hydroxylation sites is 1. The van der Waals surface area contributed by atoms with E-state index < -0.39 is 11.8 Å². The van der Waals surface area contributed by atoms with E-state index in [1.165, 1.54) is 0 Å². The number of rotatable bonds is 2. The summed E-state index contributed by atoms with van der Waals surface area (Å²) >= 11 is 0. The van der Waals surface area contributed by atoms with E-state index >= 15 is 0 Å². The van der Waals surface area contributed by atoms with Crippen molar-refractivity contribution in [3.63, 3.8) is 0 Å². The van der Waals surface area contributed by atoms with Gasteiger partial charge < -0.3 is 5.32 Å². The minimum absolute atomic E-state index is 0.305. The molecule has 16 heavy (non-hydrogen) atoms. The normalized spacial score (nSPS) is 18.9. The zero-order valence-corrected chi connectivity index (χ0v) is 8.97. The molecule has 1 aliphatic carbocycles. The molecule has 0 unspecified atom stereocenters. The molecule has 0 saturated heterocycles. The van der Waals surface area contributed by atoms with Crippen molar-refractivity contribution in [1.29, 1.82) is 0 Å². The molecular formula is C12H13F2NO. The third-order valence-electron chi connectivity index (χ3n) is 2.86. The predicted molar refractivity (Wildman–Crippen MR) is 57.5 cm³/mol. The molecule has 0 atom stereocenters. The monoisotopic (exact) mass is 225 g/mol. The Morgan fingerprint density at radius 3 is 2.56 bits per heavy atom. The first-order chi connectivity index (χ1) is 7.48. The van der Waals surface area contributed by atoms with Gasteiger partial charge >= 0.3 is 0 Å². The van der Waals surface area contributed by atoms with Crippen LogP contribution in [0.2, 0.25) is 0 Å². The van der Waals surface area contributed by atoms with E-state index in [0.717, 1.165) is 5.56 Å². The van der Waals surface area contributed by atoms with E-state index in [0.29, 0.717) is 5.69 Å². The molecule has 0 aromatic heterocycles. The first-order valence-electron chi connectivity index (χ1n) is 5.22. The molecule has 2 nitrogen and oxygen atoms in total. The van der Waals surface area contributed by atoms with Gasteiger partial charge in [-0.05, 0) is 18.6 Å². The molecule has 2 rings (SSSR count). The molecule has 0 aliphatic heterocycles. The summed E-state index contributed by atoms with van der Waals surface area (Å²) in [5.74, 6) is -3.50. The molecule has 1 fully saturated rings. The Morgan fingerprint density at radius 1 is 1.38 bits per heavy atom. The Hall–Kier alpha value is -1.45. The first-order valence-corrected chi connectivity index (χ1v) is 5.22. The number of hydrogen-bond donors (Lipinski definition) is 1. The van der Waals surface area contributed by atoms with E-state index in [1.54, 1.807) is 12.1 Å². The zero-order chi connectivity index (χ0) is 11.8. The minimum atomic E-state index is -2.65. The van der Waals surface area contributed by atoms with Crippen LogP contribution in [0.3, 0.4) is 0 Å². The van der Waals surface area contributed by atoms with E-state index in [1.807, 2.05) is 19.1 Å². The number of carbonyl (C=O) groups excluding carboxylic acids is 1. The third-order valence-corrected chi connectivity index (χ3v) is 2.86. The number of amides is 1. The van der Waals surface area contributed by atoms with Crippen molar-refractivity contribution in [2.75, 3.05) is 5.32 Å². The Morgan fingerprint density at radius 2 is 2.00 bits per heavy atom. The Balaban J connectivity index is 1.96. The molecule has 1 aromatic carbocycles. The predicted octanol–water partition coefficient (Wildman–Crippen LogP) is 2.98. The number of aryl methyl sites for hydroxylation is 1. The maximum Gasteiger partial charge on any atom is 0.249 e. The summed E-state index contributed by atoms with van der Waals surface area (Å²) in [6.07, 6.45) is -0.657. The molecule has 1 aliphatic rings. The highest BCUT2D eigenvalue weighted by Gasteiger charge is 2.48. The van der Waals surface area contributed by atoms with E-state index in [-0.39, 0.29) is 18.7 Å². The SMILES string of the molecule is Cc1ccccc1NC(=O)C1CC(F)(F)C1. The van der Waals surface area contributed by atoms with Gasteiger partial charge in [0.1, 0.15) is 0 Å². The number of anilines is 1. The molecular weight excluding hydrogens is 212 g/mol. The van der Waals surface area contributed by atoms with Crippen molar-refractivity contribution in [2.24, 2.45) is 5.92 Å².